The average Bonchev–Trinajstić information content (AvgIpc) is 1.63. The number of aromatic amines is 3. The van der Waals surface area contributed by atoms with E-state index in [2.05, 4.69) is 93.0 Å². The predicted octanol–water partition coefficient (Wildman–Crippen LogP) is 13.1. The fourth-order valence-electron chi connectivity index (χ4n) is 9.94. The number of halogens is 4. The third kappa shape index (κ3) is 15.4. The van der Waals surface area contributed by atoms with Gasteiger partial charge in [0.15, 0.2) is 40.9 Å². The molecule has 0 aliphatic carbocycles. The van der Waals surface area contributed by atoms with Crippen molar-refractivity contribution < 1.29 is 23.5 Å². The number of hydrogen-bond acceptors (Lipinski definition) is 21. The Hall–Kier alpha value is -13.3. The summed E-state index contributed by atoms with van der Waals surface area (Å²) in [6, 6.07) is 47.6. The van der Waals surface area contributed by atoms with E-state index in [1.165, 1.54) is 36.5 Å². The standard InChI is InChI=1S/C24H16Cl2N6O3.C24H17ClN6O2.C23H14ClN7O3/c1-13-6-7-15(17(26)10-13)23-30-28-19(32(23)18-5-3-2-4-16(18)25)8-9-22-29-31-24(35-22)14-11-20(33)27-21(34)12-14;1-15-6-8-16(9-7-15)23-29-27-20(31(23)19-5-3-2-4-18(19)25)10-11-22-28-30-24(33-22)17-12-13-26-21(32)14-17;1-13-6-7-14(12-25-13)22-29-27-18(31(22)17-5-3-2-4-16(17)24)8-9-21-28-30-23(34-21)15-10-19(32)26-20(33)11-15/h2-12H,1H3,(H2,27,33,34);2-14H,1H3,(H,26,32);2-7,10-12H,1H3,(H2,26,32,33)/b9-8+;11-10+;. The van der Waals surface area contributed by atoms with Crippen molar-refractivity contribution in [1.29, 1.82) is 0 Å². The van der Waals surface area contributed by atoms with Crippen LogP contribution in [0.4, 0.5) is 0 Å². The summed E-state index contributed by atoms with van der Waals surface area (Å²) in [6.45, 7) is 5.88. The molecule has 5 N–H and O–H groups in total. The Bertz CT molecular complexity index is 5920. The number of rotatable bonds is 13. The van der Waals surface area contributed by atoms with Crippen molar-refractivity contribution in [3.8, 4) is 109 Å². The van der Waals surface area contributed by atoms with E-state index < -0.39 is 11.1 Å². The number of nitrogens with one attached hydrogen (secondary N) is 3. The molecule has 102 heavy (non-hydrogen) atoms. The Labute approximate surface area is 594 Å². The van der Waals surface area contributed by atoms with Gasteiger partial charge in [0.1, 0.15) is 0 Å². The summed E-state index contributed by atoms with van der Waals surface area (Å²) in [7, 11) is 0. The lowest BCUT2D eigenvalue weighted by Crippen LogP contribution is -2.03. The Kier molecular flexibility index (Phi) is 19.7. The summed E-state index contributed by atoms with van der Waals surface area (Å²) < 4.78 is 22.2. The lowest BCUT2D eigenvalue weighted by Gasteiger charge is -2.12. The molecule has 27 nitrogen and oxygen atoms in total. The lowest BCUT2D eigenvalue weighted by atomic mass is 10.1. The number of pyridine rings is 4. The third-order valence-electron chi connectivity index (χ3n) is 14.7. The smallest absolute Gasteiger partial charge is 0.294 e. The molecule has 0 fully saturated rings. The van der Waals surface area contributed by atoms with E-state index in [1.54, 1.807) is 57.8 Å². The zero-order valence-corrected chi connectivity index (χ0v) is 56.1. The summed E-state index contributed by atoms with van der Waals surface area (Å²) in [6.07, 6.45) is 9.79. The van der Waals surface area contributed by atoms with Gasteiger partial charge in [0.05, 0.1) is 37.2 Å². The quantitative estimate of drug-likeness (QED) is 0.0669. The molecule has 31 heteroatoms. The average molecular weight is 1440 g/mol. The molecule has 0 aliphatic rings. The summed E-state index contributed by atoms with van der Waals surface area (Å²) >= 11 is 26.0. The van der Waals surface area contributed by atoms with Gasteiger partial charge in [0, 0.05) is 99.9 Å². The molecule has 10 heterocycles. The van der Waals surface area contributed by atoms with Crippen LogP contribution in [0, 0.1) is 32.6 Å². The van der Waals surface area contributed by atoms with Crippen LogP contribution in [0.2, 0.25) is 20.1 Å². The van der Waals surface area contributed by atoms with E-state index in [-0.39, 0.29) is 69.6 Å². The first-order valence-electron chi connectivity index (χ1n) is 30.3. The van der Waals surface area contributed by atoms with Gasteiger partial charge in [-0.3, -0.25) is 43.0 Å². The number of H-pyrrole nitrogens is 3. The van der Waals surface area contributed by atoms with Crippen LogP contribution in [0.3, 0.4) is 0 Å². The molecule has 15 aromatic rings. The highest BCUT2D eigenvalue weighted by Gasteiger charge is 2.22. The molecule has 0 unspecified atom stereocenters. The second kappa shape index (κ2) is 29.8. The Morgan fingerprint density at radius 3 is 1.48 bits per heavy atom. The molecule has 15 rings (SSSR count). The van der Waals surface area contributed by atoms with E-state index in [0.717, 1.165) is 33.6 Å². The van der Waals surface area contributed by atoms with E-state index in [0.29, 0.717) is 71.7 Å². The Balaban J connectivity index is 0.000000137. The van der Waals surface area contributed by atoms with Crippen LogP contribution in [0.1, 0.15) is 52.0 Å². The van der Waals surface area contributed by atoms with Crippen LogP contribution in [-0.4, -0.2) is 105 Å². The fourth-order valence-corrected chi connectivity index (χ4v) is 10.9. The molecular weight excluding hydrogens is 1390 g/mol. The monoisotopic (exact) mass is 1430 g/mol. The first-order valence-corrected chi connectivity index (χ1v) is 31.8. The zero-order valence-electron chi connectivity index (χ0n) is 53.1. The van der Waals surface area contributed by atoms with E-state index in [4.69, 9.17) is 59.7 Å². The molecule has 0 radical (unpaired) electrons. The summed E-state index contributed by atoms with van der Waals surface area (Å²) in [5.74, 6) is 8.72. The molecular formula is C71H47Cl4N19O8. The van der Waals surface area contributed by atoms with Crippen LogP contribution >= 0.6 is 46.4 Å². The van der Waals surface area contributed by atoms with Gasteiger partial charge >= 0.3 is 0 Å². The number of hydrogen-bond donors (Lipinski definition) is 5. The van der Waals surface area contributed by atoms with Crippen molar-refractivity contribution in [3.05, 3.63) is 279 Å². The maximum absolute atomic E-state index is 11.6. The van der Waals surface area contributed by atoms with Crippen LogP contribution in [-0.2, 0) is 0 Å². The van der Waals surface area contributed by atoms with Gasteiger partial charge in [-0.05, 0) is 111 Å². The molecule has 0 bridgehead atoms. The first kappa shape index (κ1) is 67.3. The molecule has 0 spiro atoms. The number of benzene rings is 5. The summed E-state index contributed by atoms with van der Waals surface area (Å²) in [5, 5.41) is 71.0. The van der Waals surface area contributed by atoms with Gasteiger partial charge in [-0.15, -0.1) is 56.1 Å². The molecule has 0 amide bonds. The number of nitrogens with zero attached hydrogens (tertiary/aromatic N) is 16. The zero-order chi connectivity index (χ0) is 71.0. The highest BCUT2D eigenvalue weighted by Crippen LogP contribution is 2.35. The molecule has 0 saturated carbocycles. The molecule has 0 aliphatic heterocycles. The second-order valence-corrected chi connectivity index (χ2v) is 23.5. The van der Waals surface area contributed by atoms with E-state index in [1.807, 2.05) is 141 Å². The highest BCUT2D eigenvalue weighted by molar-refractivity contribution is 6.34. The van der Waals surface area contributed by atoms with Crippen molar-refractivity contribution in [2.24, 2.45) is 0 Å². The van der Waals surface area contributed by atoms with Crippen LogP contribution in [0.5, 0.6) is 11.8 Å². The maximum Gasteiger partial charge on any atom is 0.294 e. The fraction of sp³-hybridized carbons (Fsp3) is 0.0423. The maximum atomic E-state index is 11.6. The minimum absolute atomic E-state index is 0.0120. The molecule has 5 aromatic carbocycles. The number of aromatic nitrogens is 19. The van der Waals surface area contributed by atoms with Crippen molar-refractivity contribution in [2.45, 2.75) is 20.8 Å². The first-order chi connectivity index (χ1) is 49.4. The minimum Gasteiger partial charge on any atom is -0.494 e. The minimum atomic E-state index is -0.508. The second-order valence-electron chi connectivity index (χ2n) is 21.9. The number of para-hydroxylation sites is 3. The SMILES string of the molecule is Cc1ccc(-c2nnc(/C=C/c3nnc(-c4cc(O)[nH]c(=O)c4)o3)n2-c2ccccc2Cl)c(Cl)c1.Cc1ccc(-c2nnc(/C=C/c3nnc(-c4cc[nH]c(=O)c4)o3)n2-c2ccccc2Cl)cc1.Cc1ccc(-c2nnc(C#Cc3nnc(-c4cc(O)[nH]c(=O)c4)o3)n2-c2ccccc2Cl)cn1. The number of aryl methyl sites for hydroxylation is 3. The van der Waals surface area contributed by atoms with Crippen LogP contribution in [0.25, 0.3) is 110 Å². The molecule has 0 saturated heterocycles. The topological polar surface area (TPSA) is 361 Å². The molecule has 10 aromatic heterocycles. The van der Waals surface area contributed by atoms with E-state index >= 15 is 0 Å². The van der Waals surface area contributed by atoms with Gasteiger partial charge in [-0.2, -0.15) is 0 Å². The number of aromatic hydroxyl groups is 2. The van der Waals surface area contributed by atoms with Gasteiger partial charge in [-0.1, -0.05) is 124 Å². The van der Waals surface area contributed by atoms with Crippen molar-refractivity contribution in [3.63, 3.8) is 0 Å². The third-order valence-corrected chi connectivity index (χ3v) is 15.9. The predicted molar refractivity (Wildman–Crippen MR) is 381 cm³/mol. The largest absolute Gasteiger partial charge is 0.494 e. The Morgan fingerprint density at radius 1 is 0.422 bits per heavy atom. The van der Waals surface area contributed by atoms with Gasteiger partial charge in [0.2, 0.25) is 40.8 Å². The summed E-state index contributed by atoms with van der Waals surface area (Å²) in [4.78, 5) is 46.1. The van der Waals surface area contributed by atoms with Crippen LogP contribution < -0.4 is 16.7 Å². The molecule has 502 valence electrons. The molecule has 0 atom stereocenters. The van der Waals surface area contributed by atoms with Crippen molar-refractivity contribution in [1.82, 2.24) is 94.8 Å². The lowest BCUT2D eigenvalue weighted by molar-refractivity contribution is 0.451. The normalized spacial score (nSPS) is 11.1. The van der Waals surface area contributed by atoms with E-state index in [9.17, 15) is 24.6 Å². The highest BCUT2D eigenvalue weighted by atomic mass is 35.5. The summed E-state index contributed by atoms with van der Waals surface area (Å²) in [5.41, 5.74) is 7.24. The van der Waals surface area contributed by atoms with Gasteiger partial charge in [-0.25, -0.2) is 0 Å². The van der Waals surface area contributed by atoms with Gasteiger partial charge in [0.25, 0.3) is 17.0 Å². The van der Waals surface area contributed by atoms with Crippen molar-refractivity contribution in [2.75, 3.05) is 0 Å². The van der Waals surface area contributed by atoms with Gasteiger partial charge < -0.3 is 28.4 Å². The Morgan fingerprint density at radius 2 is 0.922 bits per heavy atom. The van der Waals surface area contributed by atoms with Crippen LogP contribution in [0.15, 0.2) is 204 Å². The van der Waals surface area contributed by atoms with Crippen molar-refractivity contribution >= 4 is 70.7 Å².